The average molecular weight is 322 g/mol. The summed E-state index contributed by atoms with van der Waals surface area (Å²) in [5, 5.41) is 11.9. The van der Waals surface area contributed by atoms with Crippen LogP contribution in [0.15, 0.2) is 17.2 Å². The first-order valence-corrected chi connectivity index (χ1v) is 7.65. The van der Waals surface area contributed by atoms with Crippen LogP contribution in [-0.4, -0.2) is 19.5 Å². The zero-order valence-corrected chi connectivity index (χ0v) is 12.8. The van der Waals surface area contributed by atoms with Crippen LogP contribution in [0.1, 0.15) is 15.6 Å². The lowest BCUT2D eigenvalue weighted by molar-refractivity contribution is -0.380. The molecule has 0 saturated heterocycles. The monoisotopic (exact) mass is 322 g/mol. The van der Waals surface area contributed by atoms with Crippen LogP contribution < -0.4 is 5.56 Å². The molecular formula is C12H10N4O3S2. The highest BCUT2D eigenvalue weighted by atomic mass is 32.1. The number of hydrogen-bond donors (Lipinski definition) is 0. The van der Waals surface area contributed by atoms with Crippen molar-refractivity contribution >= 4 is 37.9 Å². The number of fused-ring (bicyclic) bond motifs is 1. The van der Waals surface area contributed by atoms with E-state index in [4.69, 9.17) is 0 Å². The van der Waals surface area contributed by atoms with E-state index < -0.39 is 4.92 Å². The van der Waals surface area contributed by atoms with Crippen LogP contribution in [0, 0.1) is 24.0 Å². The number of aromatic nitrogens is 3. The molecule has 9 heteroatoms. The SMILES string of the molecule is Cc1nc(C)c(Cn2cnc3sc([N+](=O)[O-])cc3c2=O)s1. The maximum Gasteiger partial charge on any atom is 0.326 e. The van der Waals surface area contributed by atoms with Crippen molar-refractivity contribution in [3.63, 3.8) is 0 Å². The Bertz CT molecular complexity index is 909. The number of nitro groups is 1. The molecule has 3 heterocycles. The van der Waals surface area contributed by atoms with E-state index in [1.54, 1.807) is 0 Å². The summed E-state index contributed by atoms with van der Waals surface area (Å²) in [4.78, 5) is 32.5. The summed E-state index contributed by atoms with van der Waals surface area (Å²) in [6.07, 6.45) is 1.43. The van der Waals surface area contributed by atoms with Crippen LogP contribution in [0.4, 0.5) is 5.00 Å². The maximum atomic E-state index is 12.4. The summed E-state index contributed by atoms with van der Waals surface area (Å²) in [5.41, 5.74) is 0.621. The Balaban J connectivity index is 2.07. The van der Waals surface area contributed by atoms with Gasteiger partial charge in [0.05, 0.1) is 33.9 Å². The van der Waals surface area contributed by atoms with E-state index in [1.807, 2.05) is 13.8 Å². The van der Waals surface area contributed by atoms with Gasteiger partial charge in [-0.2, -0.15) is 0 Å². The fourth-order valence-electron chi connectivity index (χ4n) is 2.02. The quantitative estimate of drug-likeness (QED) is 0.546. The number of hydrogen-bond acceptors (Lipinski definition) is 7. The lowest BCUT2D eigenvalue weighted by Crippen LogP contribution is -2.20. The zero-order valence-electron chi connectivity index (χ0n) is 11.2. The molecule has 0 N–H and O–H groups in total. The smallest absolute Gasteiger partial charge is 0.293 e. The predicted octanol–water partition coefficient (Wildman–Crippen LogP) is 2.49. The van der Waals surface area contributed by atoms with Gasteiger partial charge in [0.25, 0.3) is 5.56 Å². The standard InChI is InChI=1S/C12H10N4O3S2/c1-6-9(20-7(2)14-6)4-15-5-13-11-8(12(15)17)3-10(21-11)16(18)19/h3,5H,4H2,1-2H3. The molecule has 0 saturated carbocycles. The van der Waals surface area contributed by atoms with E-state index in [2.05, 4.69) is 9.97 Å². The van der Waals surface area contributed by atoms with E-state index >= 15 is 0 Å². The minimum absolute atomic E-state index is 0.0721. The van der Waals surface area contributed by atoms with Crippen LogP contribution in [0.3, 0.4) is 0 Å². The molecule has 0 atom stereocenters. The first-order chi connectivity index (χ1) is 9.95. The van der Waals surface area contributed by atoms with Gasteiger partial charge in [0.15, 0.2) is 0 Å². The number of thiophene rings is 1. The number of nitrogens with zero attached hydrogens (tertiary/aromatic N) is 4. The van der Waals surface area contributed by atoms with Crippen LogP contribution in [0.5, 0.6) is 0 Å². The summed E-state index contributed by atoms with van der Waals surface area (Å²) in [5.74, 6) is 0. The third-order valence-electron chi connectivity index (χ3n) is 3.00. The van der Waals surface area contributed by atoms with Crippen molar-refractivity contribution in [2.24, 2.45) is 0 Å². The molecule has 0 unspecified atom stereocenters. The van der Waals surface area contributed by atoms with Gasteiger partial charge in [0.2, 0.25) is 0 Å². The average Bonchev–Trinajstić information content (AvgIpc) is 2.97. The highest BCUT2D eigenvalue weighted by Gasteiger charge is 2.16. The molecule has 0 aliphatic rings. The second-order valence-electron chi connectivity index (χ2n) is 4.48. The Labute approximate surface area is 126 Å². The Morgan fingerprint density at radius 3 is 2.76 bits per heavy atom. The van der Waals surface area contributed by atoms with Crippen molar-refractivity contribution in [2.75, 3.05) is 0 Å². The fraction of sp³-hybridized carbons (Fsp3) is 0.250. The molecule has 3 aromatic heterocycles. The normalized spacial score (nSPS) is 11.1. The van der Waals surface area contributed by atoms with Crippen molar-refractivity contribution in [1.29, 1.82) is 0 Å². The fourth-order valence-corrected chi connectivity index (χ4v) is 3.77. The zero-order chi connectivity index (χ0) is 15.1. The molecule has 7 nitrogen and oxygen atoms in total. The summed E-state index contributed by atoms with van der Waals surface area (Å²) < 4.78 is 1.46. The summed E-state index contributed by atoms with van der Waals surface area (Å²) in [7, 11) is 0. The molecule has 0 aliphatic heterocycles. The predicted molar refractivity (Wildman–Crippen MR) is 81.2 cm³/mol. The van der Waals surface area contributed by atoms with E-state index in [-0.39, 0.29) is 15.9 Å². The molecule has 108 valence electrons. The Morgan fingerprint density at radius 2 is 2.14 bits per heavy atom. The number of rotatable bonds is 3. The number of aryl methyl sites for hydroxylation is 2. The van der Waals surface area contributed by atoms with Crippen molar-refractivity contribution in [3.05, 3.63) is 48.4 Å². The largest absolute Gasteiger partial charge is 0.326 e. The highest BCUT2D eigenvalue weighted by Crippen LogP contribution is 2.27. The second kappa shape index (κ2) is 5.01. The van der Waals surface area contributed by atoms with Crippen molar-refractivity contribution in [1.82, 2.24) is 14.5 Å². The highest BCUT2D eigenvalue weighted by molar-refractivity contribution is 7.21. The van der Waals surface area contributed by atoms with Gasteiger partial charge >= 0.3 is 5.00 Å². The lowest BCUT2D eigenvalue weighted by atomic mass is 10.3. The third kappa shape index (κ3) is 2.45. The second-order valence-corrected chi connectivity index (χ2v) is 6.78. The van der Waals surface area contributed by atoms with Gasteiger partial charge in [-0.1, -0.05) is 0 Å². The lowest BCUT2D eigenvalue weighted by Gasteiger charge is -2.03. The molecule has 3 rings (SSSR count). The van der Waals surface area contributed by atoms with Gasteiger partial charge in [0.1, 0.15) is 4.83 Å². The van der Waals surface area contributed by atoms with Gasteiger partial charge in [-0.25, -0.2) is 9.97 Å². The van der Waals surface area contributed by atoms with E-state index in [9.17, 15) is 14.9 Å². The minimum atomic E-state index is -0.507. The summed E-state index contributed by atoms with van der Waals surface area (Å²) in [6.45, 7) is 4.18. The Kier molecular flexibility index (Phi) is 3.30. The van der Waals surface area contributed by atoms with Crippen LogP contribution in [0.2, 0.25) is 0 Å². The van der Waals surface area contributed by atoms with Crippen molar-refractivity contribution < 1.29 is 4.92 Å². The summed E-state index contributed by atoms with van der Waals surface area (Å²) >= 11 is 2.44. The van der Waals surface area contributed by atoms with Crippen LogP contribution in [0.25, 0.3) is 10.2 Å². The first-order valence-electron chi connectivity index (χ1n) is 6.02. The van der Waals surface area contributed by atoms with Crippen LogP contribution >= 0.6 is 22.7 Å². The van der Waals surface area contributed by atoms with E-state index in [0.29, 0.717) is 11.4 Å². The van der Waals surface area contributed by atoms with Crippen molar-refractivity contribution in [2.45, 2.75) is 20.4 Å². The van der Waals surface area contributed by atoms with Gasteiger partial charge in [0, 0.05) is 10.9 Å². The Morgan fingerprint density at radius 1 is 1.38 bits per heavy atom. The van der Waals surface area contributed by atoms with Crippen LogP contribution in [-0.2, 0) is 6.54 Å². The molecule has 3 aromatic rings. The molecule has 0 fully saturated rings. The topological polar surface area (TPSA) is 90.9 Å². The van der Waals surface area contributed by atoms with E-state index in [0.717, 1.165) is 26.9 Å². The summed E-state index contributed by atoms with van der Waals surface area (Å²) in [6, 6.07) is 1.29. The van der Waals surface area contributed by atoms with Crippen molar-refractivity contribution in [3.8, 4) is 0 Å². The molecule has 0 aromatic carbocycles. The Hall–Kier alpha value is -2.13. The molecular weight excluding hydrogens is 312 g/mol. The molecule has 0 spiro atoms. The third-order valence-corrected chi connectivity index (χ3v) is 5.05. The molecule has 21 heavy (non-hydrogen) atoms. The van der Waals surface area contributed by atoms with Gasteiger partial charge in [-0.3, -0.25) is 19.5 Å². The van der Waals surface area contributed by atoms with Gasteiger partial charge < -0.3 is 0 Å². The van der Waals surface area contributed by atoms with E-state index in [1.165, 1.54) is 28.3 Å². The minimum Gasteiger partial charge on any atom is -0.293 e. The van der Waals surface area contributed by atoms with Gasteiger partial charge in [-0.05, 0) is 25.2 Å². The number of thiazole rings is 1. The first kappa shape index (κ1) is 13.8. The molecule has 0 bridgehead atoms. The molecule has 0 amide bonds. The molecule has 0 radical (unpaired) electrons. The van der Waals surface area contributed by atoms with Gasteiger partial charge in [-0.15, -0.1) is 11.3 Å². The molecule has 0 aliphatic carbocycles. The maximum absolute atomic E-state index is 12.4.